The number of nitrogens with zero attached hydrogens (tertiary/aromatic N) is 1. The molecule has 7 nitrogen and oxygen atoms in total. The maximum atomic E-state index is 13.5. The van der Waals surface area contributed by atoms with Crippen LogP contribution in [0.2, 0.25) is 0 Å². The molecule has 0 fully saturated rings. The van der Waals surface area contributed by atoms with E-state index in [2.05, 4.69) is 23.5 Å². The molecule has 2 N–H and O–H groups in total. The largest absolute Gasteiger partial charge is 0.444 e. The first kappa shape index (κ1) is 30.0. The van der Waals surface area contributed by atoms with Crippen molar-refractivity contribution >= 4 is 17.9 Å². The molecule has 0 aromatic heterocycles. The minimum atomic E-state index is -0.930. The van der Waals surface area contributed by atoms with Crippen LogP contribution in [0.15, 0.2) is 24.3 Å². The number of nitrogens with one attached hydrogen (secondary N) is 2. The van der Waals surface area contributed by atoms with Gasteiger partial charge in [-0.25, -0.2) is 4.79 Å². The zero-order valence-corrected chi connectivity index (χ0v) is 22.5. The molecule has 1 aromatic rings. The van der Waals surface area contributed by atoms with Gasteiger partial charge in [0.1, 0.15) is 18.2 Å². The van der Waals surface area contributed by atoms with Crippen molar-refractivity contribution in [2.24, 2.45) is 0 Å². The number of benzene rings is 1. The van der Waals surface area contributed by atoms with Crippen molar-refractivity contribution in [1.82, 2.24) is 15.5 Å². The van der Waals surface area contributed by atoms with E-state index in [1.165, 1.54) is 4.90 Å². The van der Waals surface area contributed by atoms with Crippen molar-refractivity contribution in [2.45, 2.75) is 97.8 Å². The molecule has 3 amide bonds. The van der Waals surface area contributed by atoms with Crippen LogP contribution in [0.3, 0.4) is 0 Å². The van der Waals surface area contributed by atoms with Crippen molar-refractivity contribution < 1.29 is 19.1 Å². The van der Waals surface area contributed by atoms with Crippen LogP contribution >= 0.6 is 0 Å². The minimum absolute atomic E-state index is 0.290. The highest BCUT2D eigenvalue weighted by Gasteiger charge is 2.34. The SMILES string of the molecule is C#Cc1ccccc1C(C(=O)NC(C)(C)C)N(CCCCCCC)C(=O)CNC(=O)OC(C)(C)C. The minimum Gasteiger partial charge on any atom is -0.444 e. The fourth-order valence-electron chi connectivity index (χ4n) is 3.60. The van der Waals surface area contributed by atoms with Gasteiger partial charge in [0.2, 0.25) is 11.8 Å². The molecular formula is C28H43N3O4. The van der Waals surface area contributed by atoms with Crippen molar-refractivity contribution in [1.29, 1.82) is 0 Å². The summed E-state index contributed by atoms with van der Waals surface area (Å²) >= 11 is 0. The molecular weight excluding hydrogens is 442 g/mol. The molecule has 0 aliphatic rings. The summed E-state index contributed by atoms with van der Waals surface area (Å²) in [5, 5.41) is 5.53. The van der Waals surface area contributed by atoms with Crippen LogP contribution in [-0.2, 0) is 14.3 Å². The van der Waals surface area contributed by atoms with Crippen molar-refractivity contribution in [3.8, 4) is 12.3 Å². The lowest BCUT2D eigenvalue weighted by molar-refractivity contribution is -0.141. The molecule has 7 heteroatoms. The molecule has 1 rings (SSSR count). The number of hydrogen-bond donors (Lipinski definition) is 2. The fourth-order valence-corrected chi connectivity index (χ4v) is 3.60. The first-order valence-corrected chi connectivity index (χ1v) is 12.4. The van der Waals surface area contributed by atoms with Gasteiger partial charge >= 0.3 is 6.09 Å². The smallest absolute Gasteiger partial charge is 0.408 e. The zero-order chi connectivity index (χ0) is 26.6. The average Bonchev–Trinajstić information content (AvgIpc) is 2.74. The van der Waals surface area contributed by atoms with Crippen LogP contribution in [-0.4, -0.2) is 47.0 Å². The number of carbonyl (C=O) groups excluding carboxylic acids is 3. The molecule has 194 valence electrons. The predicted octanol–water partition coefficient (Wildman–Crippen LogP) is 4.95. The Balaban J connectivity index is 3.30. The van der Waals surface area contributed by atoms with Crippen molar-refractivity contribution in [2.75, 3.05) is 13.1 Å². The van der Waals surface area contributed by atoms with Gasteiger partial charge in [0, 0.05) is 17.6 Å². The third-order valence-corrected chi connectivity index (χ3v) is 5.07. The molecule has 0 saturated heterocycles. The molecule has 0 aliphatic carbocycles. The lowest BCUT2D eigenvalue weighted by Gasteiger charge is -2.34. The van der Waals surface area contributed by atoms with Crippen LogP contribution in [0.25, 0.3) is 0 Å². The molecule has 0 bridgehead atoms. The van der Waals surface area contributed by atoms with E-state index in [1.54, 1.807) is 45.0 Å². The average molecular weight is 486 g/mol. The predicted molar refractivity (Wildman–Crippen MR) is 140 cm³/mol. The zero-order valence-electron chi connectivity index (χ0n) is 22.5. The van der Waals surface area contributed by atoms with Gasteiger partial charge in [-0.3, -0.25) is 9.59 Å². The van der Waals surface area contributed by atoms with Gasteiger partial charge in [0.15, 0.2) is 0 Å². The number of alkyl carbamates (subject to hydrolysis) is 1. The van der Waals surface area contributed by atoms with Gasteiger partial charge in [-0.15, -0.1) is 6.42 Å². The Morgan fingerprint density at radius 2 is 1.66 bits per heavy atom. The normalized spacial score (nSPS) is 12.3. The standard InChI is InChI=1S/C28H43N3O4/c1-9-11-12-13-16-19-31(23(32)20-29-26(34)35-28(6,7)8)24(25(33)30-27(3,4)5)22-18-15-14-17-21(22)10-2/h2,14-15,17-18,24H,9,11-13,16,19-20H2,1,3-8H3,(H,29,34)(H,30,33). The molecule has 0 radical (unpaired) electrons. The molecule has 0 spiro atoms. The van der Waals surface area contributed by atoms with E-state index < -0.39 is 23.3 Å². The third-order valence-electron chi connectivity index (χ3n) is 5.07. The summed E-state index contributed by atoms with van der Waals surface area (Å²) < 4.78 is 5.26. The molecule has 0 aliphatic heterocycles. The van der Waals surface area contributed by atoms with E-state index in [9.17, 15) is 14.4 Å². The van der Waals surface area contributed by atoms with Gasteiger partial charge in [0.05, 0.1) is 0 Å². The van der Waals surface area contributed by atoms with Crippen molar-refractivity contribution in [3.63, 3.8) is 0 Å². The Hall–Kier alpha value is -3.01. The molecule has 1 atom stereocenters. The monoisotopic (exact) mass is 485 g/mol. The van der Waals surface area contributed by atoms with E-state index in [1.807, 2.05) is 20.8 Å². The van der Waals surface area contributed by atoms with Crippen LogP contribution < -0.4 is 10.6 Å². The summed E-state index contributed by atoms with van der Waals surface area (Å²) in [5.41, 5.74) is -0.0702. The van der Waals surface area contributed by atoms with Gasteiger partial charge in [-0.05, 0) is 59.6 Å². The summed E-state index contributed by atoms with van der Waals surface area (Å²) in [6.07, 6.45) is 9.99. The van der Waals surface area contributed by atoms with E-state index in [4.69, 9.17) is 11.2 Å². The topological polar surface area (TPSA) is 87.7 Å². The van der Waals surface area contributed by atoms with Crippen LogP contribution in [0.4, 0.5) is 4.79 Å². The second kappa shape index (κ2) is 13.8. The van der Waals surface area contributed by atoms with Crippen LogP contribution in [0, 0.1) is 12.3 Å². The third kappa shape index (κ3) is 11.3. The highest BCUT2D eigenvalue weighted by Crippen LogP contribution is 2.26. The van der Waals surface area contributed by atoms with E-state index in [0.29, 0.717) is 17.7 Å². The van der Waals surface area contributed by atoms with Gasteiger partial charge < -0.3 is 20.3 Å². The van der Waals surface area contributed by atoms with E-state index >= 15 is 0 Å². The molecule has 35 heavy (non-hydrogen) atoms. The second-order valence-electron chi connectivity index (χ2n) is 10.7. The molecule has 0 heterocycles. The van der Waals surface area contributed by atoms with E-state index in [0.717, 1.165) is 32.1 Å². The fraction of sp³-hybridized carbons (Fsp3) is 0.607. The summed E-state index contributed by atoms with van der Waals surface area (Å²) in [6, 6.07) is 6.21. The molecule has 0 saturated carbocycles. The summed E-state index contributed by atoms with van der Waals surface area (Å²) in [6.45, 7) is 13.1. The number of rotatable bonds is 11. The Labute approximate surface area is 211 Å². The Kier molecular flexibility index (Phi) is 11.8. The second-order valence-corrected chi connectivity index (χ2v) is 10.7. The highest BCUT2D eigenvalue weighted by atomic mass is 16.6. The summed E-state index contributed by atoms with van der Waals surface area (Å²) in [4.78, 5) is 40.7. The lowest BCUT2D eigenvalue weighted by Crippen LogP contribution is -2.51. The molecule has 1 unspecified atom stereocenters. The maximum Gasteiger partial charge on any atom is 0.408 e. The van der Waals surface area contributed by atoms with Crippen molar-refractivity contribution in [3.05, 3.63) is 35.4 Å². The number of ether oxygens (including phenoxy) is 1. The Morgan fingerprint density at radius 1 is 1.03 bits per heavy atom. The number of unbranched alkanes of at least 4 members (excludes halogenated alkanes) is 4. The van der Waals surface area contributed by atoms with Crippen LogP contribution in [0.1, 0.15) is 97.7 Å². The first-order valence-electron chi connectivity index (χ1n) is 12.4. The number of amides is 3. The highest BCUT2D eigenvalue weighted by molar-refractivity contribution is 5.91. The number of hydrogen-bond acceptors (Lipinski definition) is 4. The van der Waals surface area contributed by atoms with Crippen LogP contribution in [0.5, 0.6) is 0 Å². The Bertz CT molecular complexity index is 891. The lowest BCUT2D eigenvalue weighted by atomic mass is 9.96. The first-order chi connectivity index (χ1) is 16.3. The van der Waals surface area contributed by atoms with Gasteiger partial charge in [-0.1, -0.05) is 56.7 Å². The molecule has 1 aromatic carbocycles. The Morgan fingerprint density at radius 3 is 2.23 bits per heavy atom. The summed E-state index contributed by atoms with van der Waals surface area (Å²) in [7, 11) is 0. The van der Waals surface area contributed by atoms with Gasteiger partial charge in [0.25, 0.3) is 0 Å². The summed E-state index contributed by atoms with van der Waals surface area (Å²) in [5.74, 6) is 1.94. The quantitative estimate of drug-likeness (QED) is 0.343. The van der Waals surface area contributed by atoms with E-state index in [-0.39, 0.29) is 18.4 Å². The number of terminal acetylenes is 1. The maximum absolute atomic E-state index is 13.5. The van der Waals surface area contributed by atoms with Gasteiger partial charge in [-0.2, -0.15) is 0 Å². The number of carbonyl (C=O) groups is 3.